The molecule has 116 valence electrons. The Morgan fingerprint density at radius 3 is 2.38 bits per heavy atom. The minimum absolute atomic E-state index is 0. The summed E-state index contributed by atoms with van der Waals surface area (Å²) in [5.41, 5.74) is 6.82. The summed E-state index contributed by atoms with van der Waals surface area (Å²) < 4.78 is 5.41. The summed E-state index contributed by atoms with van der Waals surface area (Å²) in [6.45, 7) is 8.43. The molecule has 0 radical (unpaired) electrons. The average molecular weight is 329 g/mol. The van der Waals surface area contributed by atoms with Crippen LogP contribution >= 0.6 is 23.7 Å². The molecule has 7 heteroatoms. The lowest BCUT2D eigenvalue weighted by molar-refractivity contribution is 0.229. The van der Waals surface area contributed by atoms with E-state index in [0.29, 0.717) is 11.7 Å². The number of thiazole rings is 1. The van der Waals surface area contributed by atoms with E-state index in [1.54, 1.807) is 11.3 Å². The Hall–Kier alpha value is -0.980. The molecule has 0 amide bonds. The predicted octanol–water partition coefficient (Wildman–Crippen LogP) is 3.56. The topological polar surface area (TPSA) is 77.8 Å². The maximum atomic E-state index is 6.23. The van der Waals surface area contributed by atoms with Crippen molar-refractivity contribution in [1.29, 1.82) is 0 Å². The van der Waals surface area contributed by atoms with Crippen molar-refractivity contribution >= 4 is 23.7 Å². The second-order valence-corrected chi connectivity index (χ2v) is 7.62. The summed E-state index contributed by atoms with van der Waals surface area (Å²) in [7, 11) is 0. The van der Waals surface area contributed by atoms with Crippen molar-refractivity contribution in [3.05, 3.63) is 16.5 Å². The Morgan fingerprint density at radius 2 is 1.90 bits per heavy atom. The van der Waals surface area contributed by atoms with Crippen molar-refractivity contribution in [3.63, 3.8) is 0 Å². The Labute approximate surface area is 134 Å². The third-order valence-corrected chi connectivity index (χ3v) is 5.32. The van der Waals surface area contributed by atoms with Crippen LogP contribution < -0.4 is 5.73 Å². The molecular weight excluding hydrogens is 308 g/mol. The summed E-state index contributed by atoms with van der Waals surface area (Å²) in [5, 5.41) is 5.15. The first-order chi connectivity index (χ1) is 9.29. The van der Waals surface area contributed by atoms with Crippen molar-refractivity contribution in [2.45, 2.75) is 57.9 Å². The van der Waals surface area contributed by atoms with Gasteiger partial charge in [-0.05, 0) is 26.2 Å². The predicted molar refractivity (Wildman–Crippen MR) is 85.8 cm³/mol. The lowest BCUT2D eigenvalue weighted by atomic mass is 9.77. The minimum atomic E-state index is -0.382. The van der Waals surface area contributed by atoms with Gasteiger partial charge in [-0.25, -0.2) is 4.98 Å². The van der Waals surface area contributed by atoms with Gasteiger partial charge in [-0.1, -0.05) is 25.9 Å². The molecule has 2 heterocycles. The molecule has 1 fully saturated rings. The summed E-state index contributed by atoms with van der Waals surface area (Å²) in [6.07, 6.45) is 3.00. The quantitative estimate of drug-likeness (QED) is 0.912. The second-order valence-electron chi connectivity index (χ2n) is 6.62. The SMILES string of the molecule is Cc1nc(C(C)(C)C)sc1-c1nc(C2(N)CCC2)no1.Cl. The average Bonchev–Trinajstić information content (AvgIpc) is 2.91. The summed E-state index contributed by atoms with van der Waals surface area (Å²) in [4.78, 5) is 10.1. The third-order valence-electron chi connectivity index (χ3n) is 3.75. The van der Waals surface area contributed by atoms with Gasteiger partial charge in [-0.2, -0.15) is 4.98 Å². The van der Waals surface area contributed by atoms with Gasteiger partial charge in [0.1, 0.15) is 4.88 Å². The number of halogens is 1. The standard InChI is InChI=1S/C14H20N4OS.ClH/c1-8-9(20-12(16-8)13(2,3)4)10-17-11(18-19-10)14(15)6-5-7-14;/h5-7,15H2,1-4H3;1H. The van der Waals surface area contributed by atoms with Gasteiger partial charge in [0.05, 0.1) is 16.2 Å². The number of nitrogens with zero attached hydrogens (tertiary/aromatic N) is 3. The van der Waals surface area contributed by atoms with Crippen LogP contribution in [0.3, 0.4) is 0 Å². The van der Waals surface area contributed by atoms with E-state index in [0.717, 1.165) is 34.8 Å². The van der Waals surface area contributed by atoms with E-state index >= 15 is 0 Å². The van der Waals surface area contributed by atoms with Crippen molar-refractivity contribution in [3.8, 4) is 10.8 Å². The number of nitrogens with two attached hydrogens (primary N) is 1. The van der Waals surface area contributed by atoms with Gasteiger partial charge >= 0.3 is 0 Å². The molecule has 0 unspecified atom stereocenters. The Morgan fingerprint density at radius 1 is 1.24 bits per heavy atom. The van der Waals surface area contributed by atoms with E-state index in [2.05, 4.69) is 35.9 Å². The maximum Gasteiger partial charge on any atom is 0.269 e. The first kappa shape index (κ1) is 16.4. The fourth-order valence-corrected chi connectivity index (χ4v) is 3.26. The van der Waals surface area contributed by atoms with Crippen LogP contribution in [0.4, 0.5) is 0 Å². The number of hydrogen-bond acceptors (Lipinski definition) is 6. The molecular formula is C14H21ClN4OS. The van der Waals surface area contributed by atoms with Crippen molar-refractivity contribution in [1.82, 2.24) is 15.1 Å². The number of aromatic nitrogens is 3. The maximum absolute atomic E-state index is 6.23. The third kappa shape index (κ3) is 2.84. The highest BCUT2D eigenvalue weighted by Gasteiger charge is 2.39. The first-order valence-corrected chi connectivity index (χ1v) is 7.73. The van der Waals surface area contributed by atoms with Crippen LogP contribution in [0.5, 0.6) is 0 Å². The Kier molecular flexibility index (Phi) is 4.17. The van der Waals surface area contributed by atoms with E-state index < -0.39 is 0 Å². The zero-order valence-electron chi connectivity index (χ0n) is 12.8. The zero-order chi connectivity index (χ0) is 14.5. The molecule has 1 aliphatic rings. The molecule has 0 atom stereocenters. The van der Waals surface area contributed by atoms with Gasteiger partial charge in [-0.15, -0.1) is 23.7 Å². The molecule has 2 aromatic rings. The van der Waals surface area contributed by atoms with Crippen molar-refractivity contribution < 1.29 is 4.52 Å². The molecule has 5 nitrogen and oxygen atoms in total. The molecule has 0 aromatic carbocycles. The monoisotopic (exact) mass is 328 g/mol. The molecule has 2 aromatic heterocycles. The minimum Gasteiger partial charge on any atom is -0.333 e. The first-order valence-electron chi connectivity index (χ1n) is 6.91. The van der Waals surface area contributed by atoms with E-state index in [9.17, 15) is 0 Å². The van der Waals surface area contributed by atoms with Crippen LogP contribution in [0, 0.1) is 6.92 Å². The molecule has 21 heavy (non-hydrogen) atoms. The van der Waals surface area contributed by atoms with Crippen LogP contribution in [0.1, 0.15) is 56.6 Å². The highest BCUT2D eigenvalue weighted by Crippen LogP contribution is 2.39. The lowest BCUT2D eigenvalue weighted by Gasteiger charge is -2.34. The normalized spacial score (nSPS) is 17.2. The van der Waals surface area contributed by atoms with Gasteiger partial charge in [0.25, 0.3) is 5.89 Å². The molecule has 0 spiro atoms. The largest absolute Gasteiger partial charge is 0.333 e. The fraction of sp³-hybridized carbons (Fsp3) is 0.643. The second kappa shape index (κ2) is 5.34. The van der Waals surface area contributed by atoms with Gasteiger partial charge in [0, 0.05) is 5.41 Å². The van der Waals surface area contributed by atoms with Gasteiger partial charge in [0.15, 0.2) is 5.82 Å². The number of aryl methyl sites for hydroxylation is 1. The Bertz CT molecular complexity index is 640. The van der Waals surface area contributed by atoms with Gasteiger partial charge in [0.2, 0.25) is 0 Å². The zero-order valence-corrected chi connectivity index (χ0v) is 14.4. The molecule has 3 rings (SSSR count). The number of hydrogen-bond donors (Lipinski definition) is 1. The van der Waals surface area contributed by atoms with Gasteiger partial charge < -0.3 is 10.3 Å². The van der Waals surface area contributed by atoms with E-state index in [1.807, 2.05) is 6.92 Å². The highest BCUT2D eigenvalue weighted by molar-refractivity contribution is 7.15. The summed E-state index contributed by atoms with van der Waals surface area (Å²) in [5.74, 6) is 1.17. The van der Waals surface area contributed by atoms with E-state index in [-0.39, 0.29) is 23.4 Å². The van der Waals surface area contributed by atoms with Crippen LogP contribution in [-0.2, 0) is 11.0 Å². The molecule has 1 aliphatic carbocycles. The van der Waals surface area contributed by atoms with Crippen molar-refractivity contribution in [2.75, 3.05) is 0 Å². The Balaban J connectivity index is 0.00000161. The van der Waals surface area contributed by atoms with E-state index in [4.69, 9.17) is 10.3 Å². The van der Waals surface area contributed by atoms with Crippen LogP contribution in [0.2, 0.25) is 0 Å². The van der Waals surface area contributed by atoms with E-state index in [1.165, 1.54) is 0 Å². The highest BCUT2D eigenvalue weighted by atomic mass is 35.5. The molecule has 0 bridgehead atoms. The van der Waals surface area contributed by atoms with Crippen LogP contribution in [0.15, 0.2) is 4.52 Å². The molecule has 2 N–H and O–H groups in total. The molecule has 0 saturated heterocycles. The van der Waals surface area contributed by atoms with Crippen LogP contribution in [0.25, 0.3) is 10.8 Å². The smallest absolute Gasteiger partial charge is 0.269 e. The fourth-order valence-electron chi connectivity index (χ4n) is 2.21. The lowest BCUT2D eigenvalue weighted by Crippen LogP contribution is -2.44. The summed E-state index contributed by atoms with van der Waals surface area (Å²) >= 11 is 1.62. The van der Waals surface area contributed by atoms with Crippen LogP contribution in [-0.4, -0.2) is 15.1 Å². The number of rotatable bonds is 2. The molecule has 0 aliphatic heterocycles. The van der Waals surface area contributed by atoms with Gasteiger partial charge in [-0.3, -0.25) is 0 Å². The van der Waals surface area contributed by atoms with Crippen molar-refractivity contribution in [2.24, 2.45) is 5.73 Å². The summed E-state index contributed by atoms with van der Waals surface area (Å²) in [6, 6.07) is 0. The molecule has 1 saturated carbocycles.